The Morgan fingerprint density at radius 2 is 2.05 bits per heavy atom. The van der Waals surface area contributed by atoms with E-state index in [2.05, 4.69) is 19.2 Å². The van der Waals surface area contributed by atoms with E-state index in [0.29, 0.717) is 6.04 Å². The summed E-state index contributed by atoms with van der Waals surface area (Å²) in [5, 5.41) is 13.1. The maximum Gasteiger partial charge on any atom is 0.239 e. The van der Waals surface area contributed by atoms with Crippen LogP contribution >= 0.6 is 0 Å². The van der Waals surface area contributed by atoms with Gasteiger partial charge in [0.25, 0.3) is 0 Å². The van der Waals surface area contributed by atoms with Gasteiger partial charge in [-0.05, 0) is 25.7 Å². The van der Waals surface area contributed by atoms with Crippen molar-refractivity contribution in [1.82, 2.24) is 10.2 Å². The quantitative estimate of drug-likeness (QED) is 0.795. The van der Waals surface area contributed by atoms with Crippen LogP contribution < -0.4 is 5.32 Å². The van der Waals surface area contributed by atoms with Crippen LogP contribution in [0.4, 0.5) is 0 Å². The van der Waals surface area contributed by atoms with Gasteiger partial charge < -0.3 is 15.3 Å². The number of carbonyl (C=O) groups is 1. The van der Waals surface area contributed by atoms with Gasteiger partial charge >= 0.3 is 0 Å². The Morgan fingerprint density at radius 1 is 1.37 bits per heavy atom. The van der Waals surface area contributed by atoms with Crippen LogP contribution in [0.15, 0.2) is 0 Å². The van der Waals surface area contributed by atoms with E-state index in [1.54, 1.807) is 0 Å². The third kappa shape index (κ3) is 3.48. The molecule has 0 aromatic carbocycles. The van der Waals surface area contributed by atoms with Crippen molar-refractivity contribution in [2.45, 2.75) is 64.5 Å². The Hall–Kier alpha value is -0.610. The van der Waals surface area contributed by atoms with Gasteiger partial charge in [-0.25, -0.2) is 0 Å². The van der Waals surface area contributed by atoms with Crippen molar-refractivity contribution in [3.05, 3.63) is 0 Å². The van der Waals surface area contributed by atoms with Crippen molar-refractivity contribution in [3.8, 4) is 0 Å². The molecule has 2 rings (SSSR count). The maximum absolute atomic E-state index is 12.5. The SMILES string of the molecule is CC(C)NC1CCCN(CC2(CO)CCCC2)C1=O. The van der Waals surface area contributed by atoms with Crippen molar-refractivity contribution >= 4 is 5.91 Å². The summed E-state index contributed by atoms with van der Waals surface area (Å²) >= 11 is 0. The molecule has 0 radical (unpaired) electrons. The van der Waals surface area contributed by atoms with Gasteiger partial charge in [-0.1, -0.05) is 26.7 Å². The monoisotopic (exact) mass is 268 g/mol. The molecule has 2 fully saturated rings. The number of likely N-dealkylation sites (tertiary alicyclic amines) is 1. The number of hydrogen-bond acceptors (Lipinski definition) is 3. The smallest absolute Gasteiger partial charge is 0.239 e. The molecule has 1 aliphatic heterocycles. The Kier molecular flexibility index (Phi) is 4.85. The lowest BCUT2D eigenvalue weighted by atomic mass is 9.85. The zero-order valence-corrected chi connectivity index (χ0v) is 12.3. The number of amides is 1. The molecule has 0 bridgehead atoms. The van der Waals surface area contributed by atoms with Gasteiger partial charge in [0.15, 0.2) is 0 Å². The van der Waals surface area contributed by atoms with Crippen molar-refractivity contribution in [3.63, 3.8) is 0 Å². The molecule has 0 spiro atoms. The fraction of sp³-hybridized carbons (Fsp3) is 0.933. The number of aliphatic hydroxyl groups is 1. The average Bonchev–Trinajstić information content (AvgIpc) is 2.83. The van der Waals surface area contributed by atoms with E-state index in [1.807, 2.05) is 4.90 Å². The van der Waals surface area contributed by atoms with Crippen LogP contribution in [0.5, 0.6) is 0 Å². The first kappa shape index (κ1) is 14.8. The number of nitrogens with zero attached hydrogens (tertiary/aromatic N) is 1. The molecule has 4 heteroatoms. The summed E-state index contributed by atoms with van der Waals surface area (Å²) in [6, 6.07) is 0.318. The molecule has 1 unspecified atom stereocenters. The van der Waals surface area contributed by atoms with E-state index >= 15 is 0 Å². The Morgan fingerprint density at radius 3 is 2.63 bits per heavy atom. The molecule has 110 valence electrons. The standard InChI is InChI=1S/C15H28N2O2/c1-12(2)16-13-6-5-9-17(14(13)19)10-15(11-18)7-3-4-8-15/h12-13,16,18H,3-11H2,1-2H3. The maximum atomic E-state index is 12.5. The molecular formula is C15H28N2O2. The van der Waals surface area contributed by atoms with Crippen molar-refractivity contribution < 1.29 is 9.90 Å². The predicted octanol–water partition coefficient (Wildman–Crippen LogP) is 1.53. The normalized spacial score (nSPS) is 27.3. The molecule has 2 aliphatic rings. The molecule has 0 aromatic rings. The van der Waals surface area contributed by atoms with E-state index in [-0.39, 0.29) is 24.0 Å². The lowest BCUT2D eigenvalue weighted by Crippen LogP contribution is -2.54. The summed E-state index contributed by atoms with van der Waals surface area (Å²) in [6.07, 6.45) is 6.52. The van der Waals surface area contributed by atoms with E-state index < -0.39 is 0 Å². The molecule has 1 saturated carbocycles. The van der Waals surface area contributed by atoms with Crippen LogP contribution in [0.2, 0.25) is 0 Å². The summed E-state index contributed by atoms with van der Waals surface area (Å²) in [4.78, 5) is 14.5. The van der Waals surface area contributed by atoms with Crippen molar-refractivity contribution in [2.75, 3.05) is 19.7 Å². The first-order valence-electron chi connectivity index (χ1n) is 7.72. The van der Waals surface area contributed by atoms with Gasteiger partial charge in [0.05, 0.1) is 12.6 Å². The van der Waals surface area contributed by atoms with E-state index in [4.69, 9.17) is 0 Å². The first-order valence-corrected chi connectivity index (χ1v) is 7.72. The molecule has 1 saturated heterocycles. The van der Waals surface area contributed by atoms with Gasteiger partial charge in [-0.2, -0.15) is 0 Å². The van der Waals surface area contributed by atoms with Gasteiger partial charge in [0.1, 0.15) is 0 Å². The van der Waals surface area contributed by atoms with E-state index in [0.717, 1.165) is 38.8 Å². The van der Waals surface area contributed by atoms with Gasteiger partial charge in [0.2, 0.25) is 5.91 Å². The Labute approximate surface area is 116 Å². The zero-order chi connectivity index (χ0) is 13.9. The van der Waals surface area contributed by atoms with Gasteiger partial charge in [0, 0.05) is 24.5 Å². The molecule has 19 heavy (non-hydrogen) atoms. The minimum Gasteiger partial charge on any atom is -0.396 e. The van der Waals surface area contributed by atoms with Crippen LogP contribution in [-0.4, -0.2) is 47.7 Å². The van der Waals surface area contributed by atoms with Crippen molar-refractivity contribution in [1.29, 1.82) is 0 Å². The fourth-order valence-corrected chi connectivity index (χ4v) is 3.55. The van der Waals surface area contributed by atoms with Gasteiger partial charge in [-0.3, -0.25) is 4.79 Å². The molecule has 1 atom stereocenters. The highest BCUT2D eigenvalue weighted by Gasteiger charge is 2.38. The molecule has 0 aromatic heterocycles. The summed E-state index contributed by atoms with van der Waals surface area (Å²) < 4.78 is 0. The molecule has 1 aliphatic carbocycles. The average molecular weight is 268 g/mol. The minimum absolute atomic E-state index is 0.0185. The third-order valence-corrected chi connectivity index (χ3v) is 4.59. The second kappa shape index (κ2) is 6.23. The van der Waals surface area contributed by atoms with E-state index in [1.165, 1.54) is 12.8 Å². The summed E-state index contributed by atoms with van der Waals surface area (Å²) in [5.74, 6) is 0.236. The lowest BCUT2D eigenvalue weighted by molar-refractivity contribution is -0.138. The Balaban J connectivity index is 1.97. The topological polar surface area (TPSA) is 52.6 Å². The molecule has 1 heterocycles. The number of aliphatic hydroxyl groups excluding tert-OH is 1. The molecular weight excluding hydrogens is 240 g/mol. The highest BCUT2D eigenvalue weighted by atomic mass is 16.3. The van der Waals surface area contributed by atoms with Crippen LogP contribution in [0.25, 0.3) is 0 Å². The highest BCUT2D eigenvalue weighted by molar-refractivity contribution is 5.82. The first-order chi connectivity index (χ1) is 9.06. The molecule has 4 nitrogen and oxygen atoms in total. The largest absolute Gasteiger partial charge is 0.396 e. The summed E-state index contributed by atoms with van der Waals surface area (Å²) in [6.45, 7) is 5.99. The van der Waals surface area contributed by atoms with Crippen molar-refractivity contribution in [2.24, 2.45) is 5.41 Å². The number of piperidine rings is 1. The third-order valence-electron chi connectivity index (χ3n) is 4.59. The number of rotatable bonds is 5. The number of nitrogens with one attached hydrogen (secondary N) is 1. The minimum atomic E-state index is -0.0223. The highest BCUT2D eigenvalue weighted by Crippen LogP contribution is 2.38. The van der Waals surface area contributed by atoms with Crippen LogP contribution in [-0.2, 0) is 4.79 Å². The summed E-state index contributed by atoms with van der Waals surface area (Å²) in [5.41, 5.74) is -0.0185. The van der Waals surface area contributed by atoms with Crippen LogP contribution in [0.3, 0.4) is 0 Å². The number of hydrogen-bond donors (Lipinski definition) is 2. The van der Waals surface area contributed by atoms with E-state index in [9.17, 15) is 9.90 Å². The zero-order valence-electron chi connectivity index (χ0n) is 12.3. The van der Waals surface area contributed by atoms with Crippen LogP contribution in [0.1, 0.15) is 52.4 Å². The van der Waals surface area contributed by atoms with Gasteiger partial charge in [-0.15, -0.1) is 0 Å². The second-order valence-electron chi connectivity index (χ2n) is 6.64. The lowest BCUT2D eigenvalue weighted by Gasteiger charge is -2.39. The second-order valence-corrected chi connectivity index (χ2v) is 6.64. The number of carbonyl (C=O) groups excluding carboxylic acids is 1. The fourth-order valence-electron chi connectivity index (χ4n) is 3.55. The summed E-state index contributed by atoms with van der Waals surface area (Å²) in [7, 11) is 0. The molecule has 2 N–H and O–H groups in total. The predicted molar refractivity (Wildman–Crippen MR) is 75.9 cm³/mol. The van der Waals surface area contributed by atoms with Crippen LogP contribution in [0, 0.1) is 5.41 Å². The Bertz CT molecular complexity index is 311. The molecule has 1 amide bonds.